The molecule has 0 aliphatic heterocycles. The molecular weight excluding hydrogens is 689 g/mol. The van der Waals surface area contributed by atoms with Crippen molar-refractivity contribution in [1.29, 1.82) is 0 Å². The van der Waals surface area contributed by atoms with E-state index in [0.29, 0.717) is 22.8 Å². The first kappa shape index (κ1) is 41.7. The van der Waals surface area contributed by atoms with Crippen LogP contribution in [0.25, 0.3) is 11.0 Å². The third kappa shape index (κ3) is 9.43. The van der Waals surface area contributed by atoms with Gasteiger partial charge in [0.25, 0.3) is 0 Å². The Morgan fingerprint density at radius 2 is 1.62 bits per heavy atom. The number of aromatic nitrogens is 2. The van der Waals surface area contributed by atoms with E-state index in [2.05, 4.69) is 55.9 Å². The molecule has 0 spiro atoms. The predicted octanol–water partition coefficient (Wildman–Crippen LogP) is 12.4. The molecule has 1 aromatic heterocycles. The highest BCUT2D eigenvalue weighted by Crippen LogP contribution is 2.67. The van der Waals surface area contributed by atoms with Gasteiger partial charge in [-0.3, -0.25) is 14.9 Å². The molecule has 4 aliphatic carbocycles. The van der Waals surface area contributed by atoms with E-state index in [1.165, 1.54) is 96.0 Å². The summed E-state index contributed by atoms with van der Waals surface area (Å²) in [6.07, 6.45) is 27.7. The Balaban J connectivity index is 0.832. The number of allylic oxidation sites excluding steroid dienone is 1. The number of nitro benzene ring substituents is 1. The van der Waals surface area contributed by atoms with Crippen molar-refractivity contribution < 1.29 is 19.1 Å². The normalized spacial score (nSPS) is 29.4. The predicted molar refractivity (Wildman–Crippen MR) is 221 cm³/mol. The summed E-state index contributed by atoms with van der Waals surface area (Å²) in [7, 11) is 1.98. The molecular formula is C46H72N4O5. The summed E-state index contributed by atoms with van der Waals surface area (Å²) < 4.78 is 10.9. The van der Waals surface area contributed by atoms with Gasteiger partial charge < -0.3 is 9.64 Å². The quantitative estimate of drug-likeness (QED) is 0.0431. The zero-order valence-electron chi connectivity index (χ0n) is 35.2. The van der Waals surface area contributed by atoms with Crippen LogP contribution in [0, 0.1) is 56.5 Å². The number of esters is 1. The molecule has 0 saturated heterocycles. The average Bonchev–Trinajstić information content (AvgIpc) is 3.78. The van der Waals surface area contributed by atoms with E-state index in [9.17, 15) is 14.9 Å². The number of carbonyl (C=O) groups excluding carboxylic acids is 1. The molecule has 0 N–H and O–H groups in total. The van der Waals surface area contributed by atoms with E-state index in [1.54, 1.807) is 11.6 Å². The van der Waals surface area contributed by atoms with Crippen LogP contribution in [-0.2, 0) is 9.53 Å². The summed E-state index contributed by atoms with van der Waals surface area (Å²) in [5.41, 5.74) is 3.77. The van der Waals surface area contributed by atoms with E-state index in [0.717, 1.165) is 86.3 Å². The lowest BCUT2D eigenvalue weighted by Crippen LogP contribution is -2.51. The molecule has 2 aromatic rings. The standard InChI is InChI=1S/C46H72N4O5/c1-32(2)17-16-18-33(3)37-22-23-38-36-21-20-34-31-35(26-28-45(34,4)39(36)27-29-46(37,38)5)54-42(51)19-14-12-10-8-7-9-11-13-15-30-49(6)40-24-25-41(50(52)53)44-43(40)47-55-48-44/h20,24-25,32-33,35-39H,7-19,21-23,26-31H2,1-6H3/t33-,35?,36?,37-,38?,39?,45+,46-/m1/s1. The van der Waals surface area contributed by atoms with Gasteiger partial charge in [0.2, 0.25) is 5.52 Å². The van der Waals surface area contributed by atoms with Gasteiger partial charge in [-0.1, -0.05) is 110 Å². The van der Waals surface area contributed by atoms with Gasteiger partial charge in [-0.2, -0.15) is 0 Å². The van der Waals surface area contributed by atoms with Crippen LogP contribution in [0.15, 0.2) is 28.4 Å². The molecule has 9 nitrogen and oxygen atoms in total. The van der Waals surface area contributed by atoms with Crippen LogP contribution in [0.1, 0.15) is 169 Å². The van der Waals surface area contributed by atoms with Crippen molar-refractivity contribution in [3.8, 4) is 0 Å². The third-order valence-corrected chi connectivity index (χ3v) is 15.4. The molecule has 0 bridgehead atoms. The molecule has 4 unspecified atom stereocenters. The Morgan fingerprint density at radius 3 is 2.35 bits per heavy atom. The number of rotatable bonds is 20. The van der Waals surface area contributed by atoms with Gasteiger partial charge in [0.1, 0.15) is 6.10 Å². The van der Waals surface area contributed by atoms with E-state index in [1.807, 2.05) is 7.05 Å². The van der Waals surface area contributed by atoms with E-state index >= 15 is 0 Å². The number of nitro groups is 1. The number of non-ortho nitro benzene ring substituents is 1. The van der Waals surface area contributed by atoms with Crippen molar-refractivity contribution in [3.63, 3.8) is 0 Å². The maximum absolute atomic E-state index is 12.9. The van der Waals surface area contributed by atoms with Gasteiger partial charge in [-0.05, 0) is 121 Å². The third-order valence-electron chi connectivity index (χ3n) is 15.4. The van der Waals surface area contributed by atoms with Crippen LogP contribution in [-0.4, -0.2) is 40.9 Å². The Hall–Kier alpha value is -2.97. The number of carbonyl (C=O) groups is 1. The second-order valence-corrected chi connectivity index (χ2v) is 19.3. The minimum Gasteiger partial charge on any atom is -0.462 e. The highest BCUT2D eigenvalue weighted by molar-refractivity contribution is 5.93. The van der Waals surface area contributed by atoms with Gasteiger partial charge in [-0.25, -0.2) is 4.63 Å². The monoisotopic (exact) mass is 761 g/mol. The number of ether oxygens (including phenoxy) is 1. The first-order valence-electron chi connectivity index (χ1n) is 22.4. The lowest BCUT2D eigenvalue weighted by Gasteiger charge is -2.58. The molecule has 6 rings (SSSR count). The summed E-state index contributed by atoms with van der Waals surface area (Å²) in [4.78, 5) is 25.8. The summed E-state index contributed by atoms with van der Waals surface area (Å²) in [6.45, 7) is 13.4. The van der Waals surface area contributed by atoms with E-state index in [-0.39, 0.29) is 23.3 Å². The van der Waals surface area contributed by atoms with Crippen LogP contribution >= 0.6 is 0 Å². The minimum atomic E-state index is -0.458. The van der Waals surface area contributed by atoms with Crippen LogP contribution in [0.2, 0.25) is 0 Å². The van der Waals surface area contributed by atoms with Gasteiger partial charge >= 0.3 is 11.7 Å². The lowest BCUT2D eigenvalue weighted by molar-refractivity contribution is -0.383. The first-order valence-corrected chi connectivity index (χ1v) is 22.4. The highest BCUT2D eigenvalue weighted by atomic mass is 16.6. The molecule has 1 heterocycles. The maximum atomic E-state index is 12.9. The van der Waals surface area contributed by atoms with E-state index < -0.39 is 4.92 Å². The largest absolute Gasteiger partial charge is 0.462 e. The van der Waals surface area contributed by atoms with Gasteiger partial charge in [0.05, 0.1) is 10.6 Å². The molecule has 1 aromatic carbocycles. The Kier molecular flexibility index (Phi) is 14.0. The van der Waals surface area contributed by atoms with Crippen LogP contribution < -0.4 is 4.90 Å². The topological polar surface area (TPSA) is 112 Å². The maximum Gasteiger partial charge on any atom is 0.306 e. The van der Waals surface area contributed by atoms with Crippen molar-refractivity contribution in [2.75, 3.05) is 18.5 Å². The van der Waals surface area contributed by atoms with E-state index in [4.69, 9.17) is 9.37 Å². The number of unbranched alkanes of at least 4 members (excludes halogenated alkanes) is 8. The minimum absolute atomic E-state index is 0.00933. The number of hydrogen-bond acceptors (Lipinski definition) is 8. The second-order valence-electron chi connectivity index (χ2n) is 19.3. The molecule has 0 radical (unpaired) electrons. The number of anilines is 1. The Bertz CT molecular complexity index is 1620. The molecule has 55 heavy (non-hydrogen) atoms. The van der Waals surface area contributed by atoms with Gasteiger partial charge in [-0.15, -0.1) is 0 Å². The molecule has 4 aliphatic rings. The molecule has 0 amide bonds. The summed E-state index contributed by atoms with van der Waals surface area (Å²) in [6, 6.07) is 3.19. The van der Waals surface area contributed by atoms with Gasteiger partial charge in [0, 0.05) is 32.5 Å². The molecule has 3 fully saturated rings. The Labute approximate surface area is 331 Å². The van der Waals surface area contributed by atoms with Crippen molar-refractivity contribution in [1.82, 2.24) is 10.3 Å². The number of benzene rings is 1. The van der Waals surface area contributed by atoms with Gasteiger partial charge in [0.15, 0.2) is 5.52 Å². The average molecular weight is 761 g/mol. The number of nitrogens with zero attached hydrogens (tertiary/aromatic N) is 4. The number of hydrogen-bond donors (Lipinski definition) is 0. The molecule has 8 atom stereocenters. The summed E-state index contributed by atoms with van der Waals surface area (Å²) in [5, 5.41) is 18.9. The van der Waals surface area contributed by atoms with Crippen LogP contribution in [0.5, 0.6) is 0 Å². The second kappa shape index (κ2) is 18.5. The van der Waals surface area contributed by atoms with Crippen LogP contribution in [0.3, 0.4) is 0 Å². The fourth-order valence-corrected chi connectivity index (χ4v) is 12.3. The fraction of sp³-hybridized carbons (Fsp3) is 0.804. The molecule has 9 heteroatoms. The highest BCUT2D eigenvalue weighted by Gasteiger charge is 2.59. The van der Waals surface area contributed by atoms with Crippen molar-refractivity contribution in [2.45, 2.75) is 176 Å². The van der Waals surface area contributed by atoms with Crippen molar-refractivity contribution >= 4 is 28.4 Å². The Morgan fingerprint density at radius 1 is 0.909 bits per heavy atom. The van der Waals surface area contributed by atoms with Crippen molar-refractivity contribution in [3.05, 3.63) is 33.9 Å². The molecule has 3 saturated carbocycles. The zero-order valence-corrected chi connectivity index (χ0v) is 35.2. The lowest BCUT2D eigenvalue weighted by atomic mass is 9.47. The van der Waals surface area contributed by atoms with Crippen LogP contribution in [0.4, 0.5) is 11.4 Å². The molecule has 306 valence electrons. The fourth-order valence-electron chi connectivity index (χ4n) is 12.3. The summed E-state index contributed by atoms with van der Waals surface area (Å²) in [5.74, 6) is 5.12. The van der Waals surface area contributed by atoms with Crippen molar-refractivity contribution in [2.24, 2.45) is 46.3 Å². The summed E-state index contributed by atoms with van der Waals surface area (Å²) >= 11 is 0. The SMILES string of the molecule is CC(C)CCC[C@@H](C)[C@H]1CCC2C3CC=C4CC(OC(=O)CCCCCCCCCCCN(C)c5ccc([N+](=O)[O-])c6nonc56)CC[C@]4(C)C3CC[C@@]21C. The smallest absolute Gasteiger partial charge is 0.306 e. The zero-order chi connectivity index (χ0) is 39.2. The first-order chi connectivity index (χ1) is 26.4. The number of fused-ring (bicyclic) bond motifs is 6.